The topological polar surface area (TPSA) is 68.5 Å². The number of carbonyl (C=O) groups excluding carboxylic acids is 2. The van der Waals surface area contributed by atoms with Gasteiger partial charge in [0, 0.05) is 27.6 Å². The zero-order valence-corrected chi connectivity index (χ0v) is 17.1. The van der Waals surface area contributed by atoms with Crippen molar-refractivity contribution in [3.8, 4) is 5.75 Å². The normalized spacial score (nSPS) is 10.9. The van der Waals surface area contributed by atoms with E-state index in [2.05, 4.69) is 5.32 Å². The third-order valence-electron chi connectivity index (χ3n) is 5.18. The van der Waals surface area contributed by atoms with Crippen LogP contribution in [-0.4, -0.2) is 18.3 Å². The highest BCUT2D eigenvalue weighted by molar-refractivity contribution is 6.09. The monoisotopic (exact) mass is 421 g/mol. The van der Waals surface area contributed by atoms with Crippen molar-refractivity contribution in [2.75, 3.05) is 11.9 Å². The summed E-state index contributed by atoms with van der Waals surface area (Å²) in [5.74, 6) is 0.180. The molecule has 156 valence electrons. The molecule has 0 radical (unpaired) electrons. The number of hydrogen-bond donors (Lipinski definition) is 1. The molecule has 0 aliphatic heterocycles. The fourth-order valence-electron chi connectivity index (χ4n) is 3.61. The highest BCUT2D eigenvalue weighted by Crippen LogP contribution is 2.30. The lowest BCUT2D eigenvalue weighted by molar-refractivity contribution is -0.118. The van der Waals surface area contributed by atoms with Crippen LogP contribution in [0.4, 0.5) is 5.69 Å². The molecule has 1 amide bonds. The number of furan rings is 1. The predicted molar refractivity (Wildman–Crippen MR) is 124 cm³/mol. The van der Waals surface area contributed by atoms with Crippen molar-refractivity contribution in [3.05, 3.63) is 108 Å². The molecule has 5 aromatic rings. The van der Waals surface area contributed by atoms with E-state index in [1.165, 1.54) is 0 Å². The van der Waals surface area contributed by atoms with Crippen molar-refractivity contribution in [1.29, 1.82) is 0 Å². The van der Waals surface area contributed by atoms with Gasteiger partial charge in [0.25, 0.3) is 5.91 Å². The molecule has 0 aliphatic rings. The Bertz CT molecular complexity index is 1420. The Balaban J connectivity index is 1.22. The van der Waals surface area contributed by atoms with Gasteiger partial charge < -0.3 is 14.5 Å². The average molecular weight is 421 g/mol. The van der Waals surface area contributed by atoms with Crippen LogP contribution in [0.5, 0.6) is 5.75 Å². The highest BCUT2D eigenvalue weighted by Gasteiger charge is 2.11. The Kier molecular flexibility index (Phi) is 5.14. The maximum Gasteiger partial charge on any atom is 0.262 e. The molecule has 0 saturated heterocycles. The van der Waals surface area contributed by atoms with E-state index in [1.54, 1.807) is 42.5 Å². The fraction of sp³-hybridized carbons (Fsp3) is 0.0370. The van der Waals surface area contributed by atoms with Crippen molar-refractivity contribution in [2.45, 2.75) is 0 Å². The quantitative estimate of drug-likeness (QED) is 0.350. The summed E-state index contributed by atoms with van der Waals surface area (Å²) in [6, 6.07) is 29.2. The number of ketones is 1. The number of para-hydroxylation sites is 1. The van der Waals surface area contributed by atoms with E-state index < -0.39 is 0 Å². The molecular formula is C27H19NO4. The van der Waals surface area contributed by atoms with Crippen LogP contribution in [0.15, 0.2) is 101 Å². The zero-order valence-electron chi connectivity index (χ0n) is 17.1. The van der Waals surface area contributed by atoms with Crippen LogP contribution in [-0.2, 0) is 4.79 Å². The number of rotatable bonds is 6. The summed E-state index contributed by atoms with van der Waals surface area (Å²) in [6.07, 6.45) is 0. The Morgan fingerprint density at radius 3 is 2.22 bits per heavy atom. The molecule has 4 aromatic carbocycles. The van der Waals surface area contributed by atoms with Crippen molar-refractivity contribution < 1.29 is 18.7 Å². The van der Waals surface area contributed by atoms with Gasteiger partial charge >= 0.3 is 0 Å². The summed E-state index contributed by atoms with van der Waals surface area (Å²) in [6.45, 7) is -0.143. The lowest BCUT2D eigenvalue weighted by Crippen LogP contribution is -2.20. The Labute approximate surface area is 184 Å². The first-order chi connectivity index (χ1) is 15.7. The van der Waals surface area contributed by atoms with Gasteiger partial charge in [0.2, 0.25) is 0 Å². The van der Waals surface area contributed by atoms with Gasteiger partial charge in [0.1, 0.15) is 16.9 Å². The second-order valence-corrected chi connectivity index (χ2v) is 7.37. The third-order valence-corrected chi connectivity index (χ3v) is 5.18. The second-order valence-electron chi connectivity index (χ2n) is 7.37. The summed E-state index contributed by atoms with van der Waals surface area (Å²) in [5, 5.41) is 4.79. The van der Waals surface area contributed by atoms with Crippen molar-refractivity contribution in [2.24, 2.45) is 0 Å². The third kappa shape index (κ3) is 3.96. The molecule has 0 aliphatic carbocycles. The molecule has 5 rings (SSSR count). The van der Waals surface area contributed by atoms with Gasteiger partial charge in [-0.05, 0) is 48.5 Å². The van der Waals surface area contributed by atoms with Gasteiger partial charge in [0.15, 0.2) is 12.4 Å². The maximum atomic E-state index is 12.5. The lowest BCUT2D eigenvalue weighted by Gasteiger charge is -2.08. The molecule has 5 heteroatoms. The van der Waals surface area contributed by atoms with Gasteiger partial charge in [-0.15, -0.1) is 0 Å². The van der Waals surface area contributed by atoms with E-state index >= 15 is 0 Å². The number of amides is 1. The van der Waals surface area contributed by atoms with Crippen LogP contribution in [0.3, 0.4) is 0 Å². The van der Waals surface area contributed by atoms with E-state index in [4.69, 9.17) is 9.15 Å². The second kappa shape index (κ2) is 8.40. The summed E-state index contributed by atoms with van der Waals surface area (Å²) >= 11 is 0. The number of carbonyl (C=O) groups is 2. The van der Waals surface area contributed by atoms with Crippen LogP contribution >= 0.6 is 0 Å². The van der Waals surface area contributed by atoms with Gasteiger partial charge in [0.05, 0.1) is 0 Å². The maximum absolute atomic E-state index is 12.5. The van der Waals surface area contributed by atoms with Crippen LogP contribution < -0.4 is 10.1 Å². The van der Waals surface area contributed by atoms with E-state index in [-0.39, 0.29) is 18.3 Å². The first-order valence-electron chi connectivity index (χ1n) is 10.2. The predicted octanol–water partition coefficient (Wildman–Crippen LogP) is 5.83. The van der Waals surface area contributed by atoms with Crippen molar-refractivity contribution in [3.63, 3.8) is 0 Å². The van der Waals surface area contributed by atoms with Crippen molar-refractivity contribution >= 4 is 39.3 Å². The van der Waals surface area contributed by atoms with Crippen LogP contribution in [0, 0.1) is 0 Å². The molecule has 5 nitrogen and oxygen atoms in total. The molecule has 0 bridgehead atoms. The first-order valence-corrected chi connectivity index (χ1v) is 10.2. The first kappa shape index (κ1) is 19.6. The smallest absolute Gasteiger partial charge is 0.262 e. The van der Waals surface area contributed by atoms with Crippen LogP contribution in [0.2, 0.25) is 0 Å². The highest BCUT2D eigenvalue weighted by atomic mass is 16.5. The van der Waals surface area contributed by atoms with E-state index in [0.29, 0.717) is 22.6 Å². The van der Waals surface area contributed by atoms with Gasteiger partial charge in [-0.25, -0.2) is 0 Å². The summed E-state index contributed by atoms with van der Waals surface area (Å²) in [5.41, 5.74) is 3.44. The summed E-state index contributed by atoms with van der Waals surface area (Å²) < 4.78 is 11.4. The Morgan fingerprint density at radius 2 is 1.41 bits per heavy atom. The summed E-state index contributed by atoms with van der Waals surface area (Å²) in [4.78, 5) is 24.8. The molecule has 0 spiro atoms. The minimum Gasteiger partial charge on any atom is -0.484 e. The molecule has 0 fully saturated rings. The van der Waals surface area contributed by atoms with Crippen molar-refractivity contribution in [1.82, 2.24) is 0 Å². The minimum atomic E-state index is -0.276. The average Bonchev–Trinajstić information content (AvgIpc) is 3.21. The largest absolute Gasteiger partial charge is 0.484 e. The zero-order chi connectivity index (χ0) is 21.9. The van der Waals surface area contributed by atoms with E-state index in [0.717, 1.165) is 21.9 Å². The van der Waals surface area contributed by atoms with E-state index in [1.807, 2.05) is 54.6 Å². The molecular weight excluding hydrogens is 402 g/mol. The lowest BCUT2D eigenvalue weighted by atomic mass is 10.0. The Morgan fingerprint density at radius 1 is 0.719 bits per heavy atom. The number of nitrogens with one attached hydrogen (secondary N) is 1. The molecule has 1 N–H and O–H groups in total. The molecule has 0 atom stereocenters. The summed E-state index contributed by atoms with van der Waals surface area (Å²) in [7, 11) is 0. The molecule has 0 unspecified atom stereocenters. The number of anilines is 1. The molecule has 1 aromatic heterocycles. The standard InChI is InChI=1S/C27H19NO4/c29-26(28-20-12-15-25-23(16-20)22-8-4-5-9-24(22)32-25)17-31-21-13-10-19(11-14-21)27(30)18-6-2-1-3-7-18/h1-16H,17H2,(H,28,29). The number of hydrogen-bond acceptors (Lipinski definition) is 4. The van der Waals surface area contributed by atoms with Gasteiger partial charge in [-0.1, -0.05) is 48.5 Å². The number of benzene rings is 4. The van der Waals surface area contributed by atoms with Gasteiger partial charge in [-0.3, -0.25) is 9.59 Å². The molecule has 0 saturated carbocycles. The fourth-order valence-corrected chi connectivity index (χ4v) is 3.61. The number of ether oxygens (including phenoxy) is 1. The molecule has 32 heavy (non-hydrogen) atoms. The molecule has 1 heterocycles. The van der Waals surface area contributed by atoms with Crippen LogP contribution in [0.25, 0.3) is 21.9 Å². The Hall–Kier alpha value is -4.38. The van der Waals surface area contributed by atoms with E-state index in [9.17, 15) is 9.59 Å². The van der Waals surface area contributed by atoms with Crippen LogP contribution in [0.1, 0.15) is 15.9 Å². The SMILES string of the molecule is O=C(COc1ccc(C(=O)c2ccccc2)cc1)Nc1ccc2oc3ccccc3c2c1. The minimum absolute atomic E-state index is 0.0583. The van der Waals surface area contributed by atoms with Gasteiger partial charge in [-0.2, -0.15) is 0 Å². The number of fused-ring (bicyclic) bond motifs is 3.